The van der Waals surface area contributed by atoms with E-state index < -0.39 is 0 Å². The number of hydrogen-bond donors (Lipinski definition) is 1. The second kappa shape index (κ2) is 7.02. The van der Waals surface area contributed by atoms with Gasteiger partial charge in [0.25, 0.3) is 0 Å². The summed E-state index contributed by atoms with van der Waals surface area (Å²) in [7, 11) is 3.59. The van der Waals surface area contributed by atoms with Gasteiger partial charge in [-0.2, -0.15) is 0 Å². The van der Waals surface area contributed by atoms with Crippen molar-refractivity contribution in [1.82, 2.24) is 10.2 Å². The van der Waals surface area contributed by atoms with Crippen molar-refractivity contribution in [2.75, 3.05) is 40.4 Å². The molecule has 1 heterocycles. The summed E-state index contributed by atoms with van der Waals surface area (Å²) in [6.45, 7) is 8.87. The van der Waals surface area contributed by atoms with Crippen LogP contribution in [0.25, 0.3) is 0 Å². The highest BCUT2D eigenvalue weighted by atomic mass is 16.5. The lowest BCUT2D eigenvalue weighted by molar-refractivity contribution is -0.00461. The molecule has 0 spiro atoms. The van der Waals surface area contributed by atoms with Crippen molar-refractivity contribution in [2.45, 2.75) is 44.9 Å². The van der Waals surface area contributed by atoms with Crippen LogP contribution in [0.1, 0.15) is 26.7 Å². The zero-order valence-electron chi connectivity index (χ0n) is 12.9. The van der Waals surface area contributed by atoms with Crippen LogP contribution in [0, 0.1) is 11.8 Å². The first-order valence-electron chi connectivity index (χ1n) is 7.66. The van der Waals surface area contributed by atoms with Gasteiger partial charge in [0.1, 0.15) is 0 Å². The average Bonchev–Trinajstić information content (AvgIpc) is 2.75. The van der Waals surface area contributed by atoms with Crippen LogP contribution in [0.2, 0.25) is 0 Å². The molecule has 0 amide bonds. The first kappa shape index (κ1) is 15.2. The summed E-state index contributed by atoms with van der Waals surface area (Å²) in [4.78, 5) is 2.58. The zero-order chi connectivity index (χ0) is 13.8. The lowest BCUT2D eigenvalue weighted by Gasteiger charge is -2.43. The minimum atomic E-state index is 0.245. The Morgan fingerprint density at radius 1 is 1.11 bits per heavy atom. The minimum absolute atomic E-state index is 0.245. The van der Waals surface area contributed by atoms with Gasteiger partial charge in [0, 0.05) is 33.4 Å². The Bertz CT molecular complexity index is 261. The first-order chi connectivity index (χ1) is 9.15. The molecule has 0 aromatic rings. The minimum Gasteiger partial charge on any atom is -0.377 e. The molecule has 2 aliphatic rings. The van der Waals surface area contributed by atoms with E-state index in [1.807, 2.05) is 0 Å². The van der Waals surface area contributed by atoms with Crippen LogP contribution < -0.4 is 5.32 Å². The van der Waals surface area contributed by atoms with E-state index in [0.29, 0.717) is 0 Å². The van der Waals surface area contributed by atoms with E-state index in [0.717, 1.165) is 44.1 Å². The molecular weight excluding hydrogens is 240 g/mol. The molecule has 0 radical (unpaired) electrons. The predicted molar refractivity (Wildman–Crippen MR) is 77.4 cm³/mol. The second-order valence-corrected chi connectivity index (χ2v) is 6.46. The third-order valence-electron chi connectivity index (χ3n) is 4.65. The molecule has 0 bridgehead atoms. The predicted octanol–water partition coefficient (Wildman–Crippen LogP) is 1.36. The van der Waals surface area contributed by atoms with Crippen molar-refractivity contribution >= 4 is 0 Å². The van der Waals surface area contributed by atoms with E-state index >= 15 is 0 Å². The molecule has 0 aromatic carbocycles. The Labute approximate surface area is 117 Å². The molecule has 1 N–H and O–H groups in total. The molecule has 4 unspecified atom stereocenters. The van der Waals surface area contributed by atoms with Gasteiger partial charge in [-0.15, -0.1) is 0 Å². The summed E-state index contributed by atoms with van der Waals surface area (Å²) in [6.07, 6.45) is 3.19. The Morgan fingerprint density at radius 3 is 2.16 bits per heavy atom. The van der Waals surface area contributed by atoms with Gasteiger partial charge in [-0.25, -0.2) is 0 Å². The Kier molecular flexibility index (Phi) is 5.63. The van der Waals surface area contributed by atoms with Crippen LogP contribution in [-0.4, -0.2) is 63.5 Å². The second-order valence-electron chi connectivity index (χ2n) is 6.46. The third-order valence-corrected chi connectivity index (χ3v) is 4.65. The van der Waals surface area contributed by atoms with E-state index in [-0.39, 0.29) is 12.2 Å². The number of nitrogens with zero attached hydrogens (tertiary/aromatic N) is 1. The number of rotatable bonds is 7. The normalized spacial score (nSPS) is 35.8. The molecule has 2 rings (SSSR count). The summed E-state index contributed by atoms with van der Waals surface area (Å²) >= 11 is 0. The van der Waals surface area contributed by atoms with Gasteiger partial charge in [-0.1, -0.05) is 13.8 Å². The lowest BCUT2D eigenvalue weighted by atomic mass is 9.78. The fraction of sp³-hybridized carbons (Fsp3) is 1.00. The van der Waals surface area contributed by atoms with Crippen molar-refractivity contribution in [3.8, 4) is 0 Å². The maximum absolute atomic E-state index is 5.53. The van der Waals surface area contributed by atoms with Crippen molar-refractivity contribution < 1.29 is 9.47 Å². The van der Waals surface area contributed by atoms with E-state index in [1.165, 1.54) is 12.8 Å². The smallest absolute Gasteiger partial charge is 0.0971 e. The number of likely N-dealkylation sites (tertiary alicyclic amines) is 1. The largest absolute Gasteiger partial charge is 0.377 e. The molecule has 1 aliphatic carbocycles. The van der Waals surface area contributed by atoms with Crippen LogP contribution >= 0.6 is 0 Å². The van der Waals surface area contributed by atoms with Crippen molar-refractivity contribution in [3.05, 3.63) is 0 Å². The van der Waals surface area contributed by atoms with E-state index in [4.69, 9.17) is 9.47 Å². The Hall–Kier alpha value is -0.160. The van der Waals surface area contributed by atoms with Gasteiger partial charge in [-0.05, 0) is 37.8 Å². The fourth-order valence-corrected chi connectivity index (χ4v) is 3.32. The van der Waals surface area contributed by atoms with Crippen LogP contribution in [0.4, 0.5) is 0 Å². The molecule has 19 heavy (non-hydrogen) atoms. The summed E-state index contributed by atoms with van der Waals surface area (Å²) in [6, 6.07) is 0.734. The highest BCUT2D eigenvalue weighted by molar-refractivity contribution is 4.96. The average molecular weight is 270 g/mol. The van der Waals surface area contributed by atoms with Gasteiger partial charge in [0.15, 0.2) is 0 Å². The number of nitrogens with one attached hydrogen (secondary N) is 1. The van der Waals surface area contributed by atoms with Crippen molar-refractivity contribution in [1.29, 1.82) is 0 Å². The Morgan fingerprint density at radius 2 is 1.74 bits per heavy atom. The topological polar surface area (TPSA) is 33.7 Å². The van der Waals surface area contributed by atoms with Crippen LogP contribution in [0.3, 0.4) is 0 Å². The molecule has 1 aliphatic heterocycles. The maximum atomic E-state index is 5.53. The highest BCUT2D eigenvalue weighted by Crippen LogP contribution is 2.34. The lowest BCUT2D eigenvalue weighted by Crippen LogP contribution is -2.50. The third kappa shape index (κ3) is 3.69. The van der Waals surface area contributed by atoms with Gasteiger partial charge in [-0.3, -0.25) is 4.90 Å². The van der Waals surface area contributed by atoms with Gasteiger partial charge in [0.05, 0.1) is 12.2 Å². The van der Waals surface area contributed by atoms with Gasteiger partial charge >= 0.3 is 0 Å². The molecule has 4 atom stereocenters. The molecule has 1 saturated heterocycles. The first-order valence-corrected chi connectivity index (χ1v) is 7.66. The molecular formula is C15H30N2O2. The highest BCUT2D eigenvalue weighted by Gasteiger charge is 2.42. The van der Waals surface area contributed by atoms with Crippen molar-refractivity contribution in [3.63, 3.8) is 0 Å². The van der Waals surface area contributed by atoms with Crippen molar-refractivity contribution in [2.24, 2.45) is 11.8 Å². The SMILES string of the molecule is COC1CN(C2CCC2CNCC(C)C)CC1OC. The van der Waals surface area contributed by atoms with E-state index in [9.17, 15) is 0 Å². The van der Waals surface area contributed by atoms with Crippen LogP contribution in [-0.2, 0) is 9.47 Å². The molecule has 0 aromatic heterocycles. The van der Waals surface area contributed by atoms with Gasteiger partial charge < -0.3 is 14.8 Å². The quantitative estimate of drug-likeness (QED) is 0.757. The number of hydrogen-bond acceptors (Lipinski definition) is 4. The summed E-state index contributed by atoms with van der Waals surface area (Å²) in [5.41, 5.74) is 0. The maximum Gasteiger partial charge on any atom is 0.0971 e. The molecule has 4 heteroatoms. The van der Waals surface area contributed by atoms with E-state index in [2.05, 4.69) is 24.1 Å². The zero-order valence-corrected chi connectivity index (χ0v) is 12.9. The summed E-state index contributed by atoms with van der Waals surface area (Å²) < 4.78 is 11.1. The van der Waals surface area contributed by atoms with Crippen LogP contribution in [0.5, 0.6) is 0 Å². The fourth-order valence-electron chi connectivity index (χ4n) is 3.32. The standard InChI is InChI=1S/C15H30N2O2/c1-11(2)7-16-8-12-5-6-13(12)17-9-14(18-3)15(10-17)19-4/h11-16H,5-10H2,1-4H3. The monoisotopic (exact) mass is 270 g/mol. The van der Waals surface area contributed by atoms with Crippen LogP contribution in [0.15, 0.2) is 0 Å². The molecule has 4 nitrogen and oxygen atoms in total. The number of methoxy groups -OCH3 is 2. The van der Waals surface area contributed by atoms with Gasteiger partial charge in [0.2, 0.25) is 0 Å². The molecule has 112 valence electrons. The summed E-state index contributed by atoms with van der Waals surface area (Å²) in [5.74, 6) is 1.55. The molecule has 2 fully saturated rings. The molecule has 1 saturated carbocycles. The Balaban J connectivity index is 1.76. The number of ether oxygens (including phenoxy) is 2. The summed E-state index contributed by atoms with van der Waals surface area (Å²) in [5, 5.41) is 3.60. The van der Waals surface area contributed by atoms with E-state index in [1.54, 1.807) is 14.2 Å².